The zero-order chi connectivity index (χ0) is 28.3. The molecule has 40 heavy (non-hydrogen) atoms. The van der Waals surface area contributed by atoms with Crippen LogP contribution in [0.15, 0.2) is 77.3 Å². The third-order valence-electron chi connectivity index (χ3n) is 7.56. The second kappa shape index (κ2) is 14.9. The quantitative estimate of drug-likeness (QED) is 0.256. The number of hydrogen-bond acceptors (Lipinski definition) is 4. The summed E-state index contributed by atoms with van der Waals surface area (Å²) < 4.78 is 11.8. The smallest absolute Gasteiger partial charge is 0.243 e. The molecule has 4 rings (SSSR count). The van der Waals surface area contributed by atoms with E-state index in [4.69, 9.17) is 9.47 Å². The zero-order valence-corrected chi connectivity index (χ0v) is 25.0. The molecular weight excluding hydrogens is 568 g/mol. The summed E-state index contributed by atoms with van der Waals surface area (Å²) in [6, 6.07) is 23.1. The van der Waals surface area contributed by atoms with Gasteiger partial charge in [-0.1, -0.05) is 83.7 Å². The minimum atomic E-state index is -0.620. The van der Waals surface area contributed by atoms with Crippen molar-refractivity contribution in [2.75, 3.05) is 14.2 Å². The molecule has 3 aromatic rings. The first-order valence-corrected chi connectivity index (χ1v) is 14.8. The van der Waals surface area contributed by atoms with Crippen molar-refractivity contribution in [3.63, 3.8) is 0 Å². The van der Waals surface area contributed by atoms with Crippen molar-refractivity contribution >= 4 is 27.7 Å². The lowest BCUT2D eigenvalue weighted by Crippen LogP contribution is -2.52. The third kappa shape index (κ3) is 8.34. The summed E-state index contributed by atoms with van der Waals surface area (Å²) in [6.45, 7) is 0.355. The van der Waals surface area contributed by atoms with E-state index in [-0.39, 0.29) is 24.3 Å². The molecule has 0 saturated heterocycles. The number of carbonyl (C=O) groups is 2. The molecule has 0 aromatic heterocycles. The number of benzene rings is 3. The standard InChI is InChI=1S/C33H39BrN2O4/c1-39-30-19-15-25(22-31(30)40-2)16-20-32(37)36(23-26-13-17-27(34)18-14-26)29(21-24-9-5-3-6-10-24)33(38)35-28-11-7-4-8-12-28/h3,5-6,9-10,13-15,17-19,22,28-29H,4,7-8,11-12,16,20-21,23H2,1-2H3,(H,35,38). The second-order valence-corrected chi connectivity index (χ2v) is 11.3. The van der Waals surface area contributed by atoms with Crippen molar-refractivity contribution in [3.05, 3.63) is 94.0 Å². The predicted molar refractivity (Wildman–Crippen MR) is 162 cm³/mol. The van der Waals surface area contributed by atoms with Crippen LogP contribution in [-0.4, -0.2) is 43.0 Å². The molecule has 0 bridgehead atoms. The van der Waals surface area contributed by atoms with Crippen molar-refractivity contribution < 1.29 is 19.1 Å². The minimum absolute atomic E-state index is 0.0579. The highest BCUT2D eigenvalue weighted by Crippen LogP contribution is 2.28. The Balaban J connectivity index is 1.60. The van der Waals surface area contributed by atoms with Gasteiger partial charge in [0.2, 0.25) is 11.8 Å². The van der Waals surface area contributed by atoms with Crippen LogP contribution in [0.1, 0.15) is 55.2 Å². The summed E-state index contributed by atoms with van der Waals surface area (Å²) in [4.78, 5) is 29.6. The lowest BCUT2D eigenvalue weighted by Gasteiger charge is -2.33. The summed E-state index contributed by atoms with van der Waals surface area (Å²) >= 11 is 3.50. The lowest BCUT2D eigenvalue weighted by molar-refractivity contribution is -0.141. The maximum atomic E-state index is 14.0. The lowest BCUT2D eigenvalue weighted by atomic mass is 9.94. The first-order valence-electron chi connectivity index (χ1n) is 14.1. The van der Waals surface area contributed by atoms with Gasteiger partial charge in [-0.05, 0) is 60.2 Å². The van der Waals surface area contributed by atoms with E-state index in [1.165, 1.54) is 6.42 Å². The first-order chi connectivity index (χ1) is 19.5. The fourth-order valence-corrected chi connectivity index (χ4v) is 5.58. The average molecular weight is 608 g/mol. The number of methoxy groups -OCH3 is 2. The van der Waals surface area contributed by atoms with E-state index in [9.17, 15) is 9.59 Å². The second-order valence-electron chi connectivity index (χ2n) is 10.4. The Labute approximate surface area is 246 Å². The van der Waals surface area contributed by atoms with E-state index in [0.29, 0.717) is 30.9 Å². The summed E-state index contributed by atoms with van der Waals surface area (Å²) in [5.74, 6) is 1.15. The molecule has 3 aromatic carbocycles. The Morgan fingerprint density at radius 2 is 1.55 bits per heavy atom. The van der Waals surface area contributed by atoms with Crippen LogP contribution in [0.5, 0.6) is 11.5 Å². The van der Waals surface area contributed by atoms with Gasteiger partial charge in [0.05, 0.1) is 14.2 Å². The number of halogens is 1. The Hall–Kier alpha value is -3.32. The molecule has 7 heteroatoms. The van der Waals surface area contributed by atoms with Crippen LogP contribution in [0, 0.1) is 0 Å². The third-order valence-corrected chi connectivity index (χ3v) is 8.09. The average Bonchev–Trinajstić information content (AvgIpc) is 2.99. The van der Waals surface area contributed by atoms with Crippen LogP contribution < -0.4 is 14.8 Å². The first kappa shape index (κ1) is 29.7. The van der Waals surface area contributed by atoms with Crippen LogP contribution in [0.4, 0.5) is 0 Å². The fourth-order valence-electron chi connectivity index (χ4n) is 5.32. The van der Waals surface area contributed by atoms with E-state index in [2.05, 4.69) is 21.2 Å². The number of hydrogen-bond donors (Lipinski definition) is 1. The van der Waals surface area contributed by atoms with Gasteiger partial charge in [0, 0.05) is 29.9 Å². The fraction of sp³-hybridized carbons (Fsp3) is 0.394. The molecular formula is C33H39BrN2O4. The van der Waals surface area contributed by atoms with E-state index < -0.39 is 6.04 Å². The Morgan fingerprint density at radius 3 is 2.23 bits per heavy atom. The van der Waals surface area contributed by atoms with E-state index in [1.54, 1.807) is 19.1 Å². The molecule has 1 atom stereocenters. The highest BCUT2D eigenvalue weighted by atomic mass is 79.9. The number of aryl methyl sites for hydroxylation is 1. The summed E-state index contributed by atoms with van der Waals surface area (Å²) in [5, 5.41) is 3.30. The van der Waals surface area contributed by atoms with E-state index in [0.717, 1.165) is 46.8 Å². The van der Waals surface area contributed by atoms with Crippen LogP contribution in [0.3, 0.4) is 0 Å². The largest absolute Gasteiger partial charge is 0.493 e. The normalized spacial score (nSPS) is 14.3. The minimum Gasteiger partial charge on any atom is -0.493 e. The Morgan fingerprint density at radius 1 is 0.875 bits per heavy atom. The van der Waals surface area contributed by atoms with Crippen LogP contribution in [0.25, 0.3) is 0 Å². The predicted octanol–water partition coefficient (Wildman–Crippen LogP) is 6.49. The molecule has 0 radical (unpaired) electrons. The number of nitrogens with zero attached hydrogens (tertiary/aromatic N) is 1. The Kier molecular flexibility index (Phi) is 11.0. The monoisotopic (exact) mass is 606 g/mol. The molecule has 0 heterocycles. The molecule has 1 aliphatic carbocycles. The van der Waals surface area contributed by atoms with Crippen molar-refractivity contribution in [3.8, 4) is 11.5 Å². The van der Waals surface area contributed by atoms with Crippen molar-refractivity contribution in [2.45, 2.75) is 70.0 Å². The molecule has 0 spiro atoms. The molecule has 212 valence electrons. The zero-order valence-electron chi connectivity index (χ0n) is 23.4. The number of ether oxygens (including phenoxy) is 2. The van der Waals surface area contributed by atoms with Gasteiger partial charge >= 0.3 is 0 Å². The molecule has 0 aliphatic heterocycles. The van der Waals surface area contributed by atoms with Crippen LogP contribution in [-0.2, 0) is 29.0 Å². The SMILES string of the molecule is COc1ccc(CCC(=O)N(Cc2ccc(Br)cc2)C(Cc2ccccc2)C(=O)NC2CCCCC2)cc1OC. The van der Waals surface area contributed by atoms with E-state index in [1.807, 2.05) is 72.8 Å². The summed E-state index contributed by atoms with van der Waals surface area (Å²) in [6.07, 6.45) is 6.70. The maximum absolute atomic E-state index is 14.0. The Bertz CT molecular complexity index is 1240. The van der Waals surface area contributed by atoms with E-state index >= 15 is 0 Å². The molecule has 1 aliphatic rings. The van der Waals surface area contributed by atoms with Gasteiger partial charge in [-0.2, -0.15) is 0 Å². The highest BCUT2D eigenvalue weighted by molar-refractivity contribution is 9.10. The summed E-state index contributed by atoms with van der Waals surface area (Å²) in [7, 11) is 3.21. The van der Waals surface area contributed by atoms with Gasteiger partial charge in [0.1, 0.15) is 6.04 Å². The maximum Gasteiger partial charge on any atom is 0.243 e. The van der Waals surface area contributed by atoms with Gasteiger partial charge in [-0.15, -0.1) is 0 Å². The topological polar surface area (TPSA) is 67.9 Å². The molecule has 1 N–H and O–H groups in total. The van der Waals surface area contributed by atoms with Crippen molar-refractivity contribution in [2.24, 2.45) is 0 Å². The molecule has 6 nitrogen and oxygen atoms in total. The molecule has 1 fully saturated rings. The number of rotatable bonds is 12. The van der Waals surface area contributed by atoms with Gasteiger partial charge in [-0.25, -0.2) is 0 Å². The van der Waals surface area contributed by atoms with Crippen LogP contribution in [0.2, 0.25) is 0 Å². The molecule has 2 amide bonds. The molecule has 1 unspecified atom stereocenters. The molecule has 1 saturated carbocycles. The highest BCUT2D eigenvalue weighted by Gasteiger charge is 2.31. The number of amides is 2. The number of carbonyl (C=O) groups excluding carboxylic acids is 2. The van der Waals surface area contributed by atoms with Gasteiger partial charge in [0.15, 0.2) is 11.5 Å². The van der Waals surface area contributed by atoms with Gasteiger partial charge in [0.25, 0.3) is 0 Å². The van der Waals surface area contributed by atoms with Crippen molar-refractivity contribution in [1.82, 2.24) is 10.2 Å². The summed E-state index contributed by atoms with van der Waals surface area (Å²) in [5.41, 5.74) is 2.98. The van der Waals surface area contributed by atoms with Gasteiger partial charge < -0.3 is 19.7 Å². The van der Waals surface area contributed by atoms with Crippen molar-refractivity contribution in [1.29, 1.82) is 0 Å². The van der Waals surface area contributed by atoms with Crippen LogP contribution >= 0.6 is 15.9 Å². The van der Waals surface area contributed by atoms with Gasteiger partial charge in [-0.3, -0.25) is 9.59 Å². The number of nitrogens with one attached hydrogen (secondary N) is 1.